The Balaban J connectivity index is 1.65. The first-order chi connectivity index (χ1) is 12.1. The average molecular weight is 338 g/mol. The molecule has 1 saturated carbocycles. The van der Waals surface area contributed by atoms with Crippen LogP contribution in [0.2, 0.25) is 0 Å². The van der Waals surface area contributed by atoms with E-state index in [9.17, 15) is 9.59 Å². The number of fused-ring (bicyclic) bond motifs is 1. The number of benzene rings is 1. The molecule has 4 rings (SSSR count). The molecule has 0 unspecified atom stereocenters. The summed E-state index contributed by atoms with van der Waals surface area (Å²) in [5.41, 5.74) is 6.72. The van der Waals surface area contributed by atoms with Gasteiger partial charge < -0.3 is 15.4 Å². The van der Waals surface area contributed by atoms with Gasteiger partial charge >= 0.3 is 0 Å². The molecule has 0 atom stereocenters. The molecular formula is C18H18N4O3. The van der Waals surface area contributed by atoms with Crippen LogP contribution in [0.5, 0.6) is 5.88 Å². The number of aromatic nitrogens is 2. The number of primary amides is 1. The molecule has 0 radical (unpaired) electrons. The normalized spacial score (nSPS) is 16.8. The second kappa shape index (κ2) is 6.16. The highest BCUT2D eigenvalue weighted by atomic mass is 16.5. The van der Waals surface area contributed by atoms with Crippen molar-refractivity contribution < 1.29 is 14.3 Å². The van der Waals surface area contributed by atoms with Crippen molar-refractivity contribution in [3.63, 3.8) is 0 Å². The molecule has 2 N–H and O–H groups in total. The van der Waals surface area contributed by atoms with Gasteiger partial charge in [-0.25, -0.2) is 4.98 Å². The average Bonchev–Trinajstić information content (AvgIpc) is 3.45. The molecule has 2 heterocycles. The Labute approximate surface area is 144 Å². The SMILES string of the molecule is NC(=O)c1cccc(-c2ncc3c(n2)OCCN(CC2CC2)C3=O)c1. The monoisotopic (exact) mass is 338 g/mol. The van der Waals surface area contributed by atoms with Gasteiger partial charge in [-0.2, -0.15) is 4.98 Å². The number of amides is 2. The zero-order valence-electron chi connectivity index (χ0n) is 13.6. The Bertz CT molecular complexity index is 848. The maximum Gasteiger partial charge on any atom is 0.261 e. The Morgan fingerprint density at radius 3 is 2.96 bits per heavy atom. The van der Waals surface area contributed by atoms with Crippen LogP contribution in [0.4, 0.5) is 0 Å². The van der Waals surface area contributed by atoms with E-state index in [0.717, 1.165) is 6.54 Å². The summed E-state index contributed by atoms with van der Waals surface area (Å²) in [6, 6.07) is 6.76. The summed E-state index contributed by atoms with van der Waals surface area (Å²) in [4.78, 5) is 34.5. The molecule has 0 bridgehead atoms. The highest BCUT2D eigenvalue weighted by molar-refractivity contribution is 5.97. The van der Waals surface area contributed by atoms with Crippen LogP contribution in [-0.2, 0) is 0 Å². The van der Waals surface area contributed by atoms with Gasteiger partial charge in [0.1, 0.15) is 12.2 Å². The molecule has 2 aromatic rings. The topological polar surface area (TPSA) is 98.4 Å². The summed E-state index contributed by atoms with van der Waals surface area (Å²) >= 11 is 0. The number of nitrogens with zero attached hydrogens (tertiary/aromatic N) is 3. The van der Waals surface area contributed by atoms with Gasteiger partial charge in [-0.15, -0.1) is 0 Å². The van der Waals surface area contributed by atoms with E-state index >= 15 is 0 Å². The van der Waals surface area contributed by atoms with Gasteiger partial charge in [0.05, 0.1) is 6.54 Å². The number of nitrogens with two attached hydrogens (primary N) is 1. The molecular weight excluding hydrogens is 320 g/mol. The highest BCUT2D eigenvalue weighted by Crippen LogP contribution is 2.31. The first-order valence-electron chi connectivity index (χ1n) is 8.31. The summed E-state index contributed by atoms with van der Waals surface area (Å²) in [6.45, 7) is 1.73. The van der Waals surface area contributed by atoms with Crippen molar-refractivity contribution in [1.82, 2.24) is 14.9 Å². The Hall–Kier alpha value is -2.96. The van der Waals surface area contributed by atoms with Crippen molar-refractivity contribution in [2.75, 3.05) is 19.7 Å². The smallest absolute Gasteiger partial charge is 0.261 e. The standard InChI is InChI=1S/C18H18N4O3/c19-15(23)12-2-1-3-13(8-12)16-20-9-14-17(21-16)25-7-6-22(18(14)24)10-11-4-5-11/h1-3,8-9,11H,4-7,10H2,(H2,19,23). The van der Waals surface area contributed by atoms with Crippen LogP contribution < -0.4 is 10.5 Å². The van der Waals surface area contributed by atoms with Crippen LogP contribution in [0.15, 0.2) is 30.5 Å². The molecule has 0 saturated heterocycles. The second-order valence-electron chi connectivity index (χ2n) is 6.40. The van der Waals surface area contributed by atoms with Crippen LogP contribution in [0, 0.1) is 5.92 Å². The van der Waals surface area contributed by atoms with Crippen molar-refractivity contribution in [3.05, 3.63) is 41.6 Å². The largest absolute Gasteiger partial charge is 0.475 e. The van der Waals surface area contributed by atoms with Crippen LogP contribution in [0.1, 0.15) is 33.6 Å². The van der Waals surface area contributed by atoms with Crippen molar-refractivity contribution in [3.8, 4) is 17.3 Å². The van der Waals surface area contributed by atoms with E-state index in [2.05, 4.69) is 9.97 Å². The van der Waals surface area contributed by atoms with Gasteiger partial charge in [0.2, 0.25) is 11.8 Å². The summed E-state index contributed by atoms with van der Waals surface area (Å²) in [5.74, 6) is 0.695. The van der Waals surface area contributed by atoms with E-state index in [0.29, 0.717) is 41.6 Å². The van der Waals surface area contributed by atoms with Crippen molar-refractivity contribution in [2.45, 2.75) is 12.8 Å². The quantitative estimate of drug-likeness (QED) is 0.910. The minimum atomic E-state index is -0.515. The summed E-state index contributed by atoms with van der Waals surface area (Å²) < 4.78 is 5.69. The number of hydrogen-bond donors (Lipinski definition) is 1. The molecule has 7 nitrogen and oxygen atoms in total. The summed E-state index contributed by atoms with van der Waals surface area (Å²) in [6.07, 6.45) is 3.87. The molecule has 1 aromatic carbocycles. The fourth-order valence-corrected chi connectivity index (χ4v) is 2.88. The van der Waals surface area contributed by atoms with Crippen LogP contribution in [0.25, 0.3) is 11.4 Å². The lowest BCUT2D eigenvalue weighted by molar-refractivity contribution is 0.0747. The van der Waals surface area contributed by atoms with Crippen molar-refractivity contribution in [1.29, 1.82) is 0 Å². The second-order valence-corrected chi connectivity index (χ2v) is 6.40. The Morgan fingerprint density at radius 1 is 1.36 bits per heavy atom. The summed E-state index contributed by atoms with van der Waals surface area (Å²) in [5, 5.41) is 0. The molecule has 128 valence electrons. The van der Waals surface area contributed by atoms with Crippen molar-refractivity contribution >= 4 is 11.8 Å². The van der Waals surface area contributed by atoms with E-state index in [4.69, 9.17) is 10.5 Å². The van der Waals surface area contributed by atoms with Crippen LogP contribution in [-0.4, -0.2) is 46.4 Å². The molecule has 1 aliphatic carbocycles. The van der Waals surface area contributed by atoms with Crippen molar-refractivity contribution in [2.24, 2.45) is 11.7 Å². The van der Waals surface area contributed by atoms with Gasteiger partial charge in [0.25, 0.3) is 5.91 Å². The van der Waals surface area contributed by atoms with Gasteiger partial charge in [-0.05, 0) is 30.9 Å². The lowest BCUT2D eigenvalue weighted by Gasteiger charge is -2.19. The number of carbonyl (C=O) groups excluding carboxylic acids is 2. The third-order valence-corrected chi connectivity index (χ3v) is 4.45. The van der Waals surface area contributed by atoms with Gasteiger partial charge in [0, 0.05) is 23.9 Å². The third-order valence-electron chi connectivity index (χ3n) is 4.45. The van der Waals surface area contributed by atoms with Crippen LogP contribution in [0.3, 0.4) is 0 Å². The Morgan fingerprint density at radius 2 is 2.20 bits per heavy atom. The maximum atomic E-state index is 12.7. The van der Waals surface area contributed by atoms with Gasteiger partial charge in [-0.1, -0.05) is 12.1 Å². The maximum absolute atomic E-state index is 12.7. The lowest BCUT2D eigenvalue weighted by Crippen LogP contribution is -2.34. The molecule has 7 heteroatoms. The minimum absolute atomic E-state index is 0.0863. The fourth-order valence-electron chi connectivity index (χ4n) is 2.88. The Kier molecular flexibility index (Phi) is 3.83. The van der Waals surface area contributed by atoms with E-state index in [1.54, 1.807) is 24.3 Å². The highest BCUT2D eigenvalue weighted by Gasteiger charge is 2.31. The molecule has 1 aliphatic heterocycles. The zero-order valence-corrected chi connectivity index (χ0v) is 13.6. The van der Waals surface area contributed by atoms with E-state index in [1.807, 2.05) is 4.90 Å². The van der Waals surface area contributed by atoms with Crippen LogP contribution >= 0.6 is 0 Å². The predicted molar refractivity (Wildman–Crippen MR) is 90.1 cm³/mol. The number of hydrogen-bond acceptors (Lipinski definition) is 5. The minimum Gasteiger partial charge on any atom is -0.475 e. The van der Waals surface area contributed by atoms with E-state index in [1.165, 1.54) is 19.0 Å². The molecule has 1 fully saturated rings. The first kappa shape index (κ1) is 15.6. The predicted octanol–water partition coefficient (Wildman–Crippen LogP) is 1.49. The molecule has 2 aliphatic rings. The summed E-state index contributed by atoms with van der Waals surface area (Å²) in [7, 11) is 0. The fraction of sp³-hybridized carbons (Fsp3) is 0.333. The third kappa shape index (κ3) is 3.17. The molecule has 25 heavy (non-hydrogen) atoms. The molecule has 2 amide bonds. The van der Waals surface area contributed by atoms with Gasteiger partial charge in [0.15, 0.2) is 5.82 Å². The zero-order chi connectivity index (χ0) is 17.4. The van der Waals surface area contributed by atoms with E-state index in [-0.39, 0.29) is 11.8 Å². The van der Waals surface area contributed by atoms with Gasteiger partial charge in [-0.3, -0.25) is 9.59 Å². The molecule has 1 aromatic heterocycles. The number of rotatable bonds is 4. The number of carbonyl (C=O) groups is 2. The molecule has 0 spiro atoms. The van der Waals surface area contributed by atoms with E-state index < -0.39 is 5.91 Å². The lowest BCUT2D eigenvalue weighted by atomic mass is 10.1. The number of ether oxygens (including phenoxy) is 1. The first-order valence-corrected chi connectivity index (χ1v) is 8.31.